The molecule has 2 aromatic rings. The molecule has 0 fully saturated rings. The number of nitrogens with one attached hydrogen (secondary N) is 1. The number of thioether (sulfide) groups is 1. The molecule has 3 nitrogen and oxygen atoms in total. The molecule has 0 aliphatic carbocycles. The van der Waals surface area contributed by atoms with Gasteiger partial charge in [0.05, 0.1) is 9.09 Å². The van der Waals surface area contributed by atoms with Gasteiger partial charge in [-0.15, -0.1) is 34.4 Å². The van der Waals surface area contributed by atoms with Crippen LogP contribution in [0.3, 0.4) is 0 Å². The summed E-state index contributed by atoms with van der Waals surface area (Å²) in [5.41, 5.74) is 7.82. The number of amidine groups is 1. The van der Waals surface area contributed by atoms with E-state index in [1.807, 2.05) is 11.6 Å². The molecule has 3 N–H and O–H groups in total. The van der Waals surface area contributed by atoms with Crippen molar-refractivity contribution >= 4 is 40.3 Å². The fourth-order valence-electron chi connectivity index (χ4n) is 1.48. The molecule has 84 valence electrons. The van der Waals surface area contributed by atoms with E-state index in [-0.39, 0.29) is 5.84 Å². The summed E-state index contributed by atoms with van der Waals surface area (Å²) in [5, 5.41) is 10.5. The number of aromatic nitrogens is 1. The predicted octanol–water partition coefficient (Wildman–Crippen LogP) is 3.19. The molecule has 2 aromatic heterocycles. The summed E-state index contributed by atoms with van der Waals surface area (Å²) >= 11 is 4.84. The maximum absolute atomic E-state index is 7.62. The topological polar surface area (TPSA) is 62.8 Å². The summed E-state index contributed by atoms with van der Waals surface area (Å²) in [4.78, 5) is 5.13. The van der Waals surface area contributed by atoms with E-state index in [1.165, 1.54) is 9.77 Å². The molecule has 0 aromatic carbocycles. The Morgan fingerprint density at radius 3 is 2.81 bits per heavy atom. The Bertz CT molecular complexity index is 514. The monoisotopic (exact) mass is 269 g/mol. The first-order chi connectivity index (χ1) is 7.65. The average molecular weight is 269 g/mol. The normalized spacial score (nSPS) is 10.6. The molecule has 0 amide bonds. The van der Waals surface area contributed by atoms with Gasteiger partial charge < -0.3 is 5.73 Å². The lowest BCUT2D eigenvalue weighted by Gasteiger charge is -1.99. The lowest BCUT2D eigenvalue weighted by molar-refractivity contribution is 1.36. The fourth-order valence-corrected chi connectivity index (χ4v) is 4.19. The highest BCUT2D eigenvalue weighted by atomic mass is 32.2. The van der Waals surface area contributed by atoms with Gasteiger partial charge in [0.2, 0.25) is 0 Å². The fraction of sp³-hybridized carbons (Fsp3) is 0.200. The third-order valence-electron chi connectivity index (χ3n) is 2.18. The lowest BCUT2D eigenvalue weighted by Crippen LogP contribution is -2.10. The Labute approximate surface area is 106 Å². The Hall–Kier alpha value is -0.850. The highest BCUT2D eigenvalue weighted by Crippen LogP contribution is 2.40. The van der Waals surface area contributed by atoms with Crippen LogP contribution in [0.1, 0.15) is 10.4 Å². The maximum Gasteiger partial charge on any atom is 0.133 e. The van der Waals surface area contributed by atoms with E-state index in [1.54, 1.807) is 40.6 Å². The number of thiazole rings is 1. The number of hydrogen-bond donors (Lipinski definition) is 2. The Morgan fingerprint density at radius 2 is 2.31 bits per heavy atom. The number of thiophene rings is 1. The van der Waals surface area contributed by atoms with Crippen molar-refractivity contribution in [2.75, 3.05) is 6.26 Å². The second kappa shape index (κ2) is 4.57. The zero-order valence-corrected chi connectivity index (χ0v) is 11.4. The molecule has 16 heavy (non-hydrogen) atoms. The zero-order valence-electron chi connectivity index (χ0n) is 8.90. The van der Waals surface area contributed by atoms with Crippen molar-refractivity contribution < 1.29 is 0 Å². The predicted molar refractivity (Wildman–Crippen MR) is 73.0 cm³/mol. The van der Waals surface area contributed by atoms with Gasteiger partial charge in [0.25, 0.3) is 0 Å². The van der Waals surface area contributed by atoms with Gasteiger partial charge in [-0.25, -0.2) is 4.98 Å². The van der Waals surface area contributed by atoms with E-state index in [2.05, 4.69) is 11.9 Å². The van der Waals surface area contributed by atoms with Crippen molar-refractivity contribution in [1.82, 2.24) is 4.98 Å². The van der Waals surface area contributed by atoms with Gasteiger partial charge in [0.15, 0.2) is 0 Å². The molecule has 0 unspecified atom stereocenters. The smallest absolute Gasteiger partial charge is 0.133 e. The summed E-state index contributed by atoms with van der Waals surface area (Å²) in [5.74, 6) is 0.124. The van der Waals surface area contributed by atoms with Gasteiger partial charge in [-0.3, -0.25) is 5.41 Å². The van der Waals surface area contributed by atoms with Crippen molar-refractivity contribution in [2.24, 2.45) is 5.73 Å². The summed E-state index contributed by atoms with van der Waals surface area (Å²) in [7, 11) is 0. The van der Waals surface area contributed by atoms with E-state index in [0.717, 1.165) is 15.4 Å². The van der Waals surface area contributed by atoms with Crippen LogP contribution in [0.15, 0.2) is 15.8 Å². The molecule has 0 saturated heterocycles. The van der Waals surface area contributed by atoms with Gasteiger partial charge >= 0.3 is 0 Å². The molecule has 2 rings (SSSR count). The molecule has 0 bridgehead atoms. The number of hydrogen-bond acceptors (Lipinski definition) is 5. The van der Waals surface area contributed by atoms with Crippen molar-refractivity contribution in [3.63, 3.8) is 0 Å². The SMILES string of the molecule is CSc1sc(C(=N)N)c(-c2nccs2)c1C. The van der Waals surface area contributed by atoms with E-state index in [9.17, 15) is 0 Å². The lowest BCUT2D eigenvalue weighted by atomic mass is 10.1. The molecule has 0 radical (unpaired) electrons. The standard InChI is InChI=1S/C10H11N3S3/c1-5-6(9-13-3-4-15-9)7(8(11)12)16-10(5)14-2/h3-4H,1-2H3,(H3,11,12). The minimum atomic E-state index is 0.124. The van der Waals surface area contributed by atoms with Gasteiger partial charge in [-0.05, 0) is 18.7 Å². The minimum Gasteiger partial charge on any atom is -0.383 e. The van der Waals surface area contributed by atoms with Crippen LogP contribution in [0, 0.1) is 12.3 Å². The molecule has 0 aliphatic heterocycles. The summed E-state index contributed by atoms with van der Waals surface area (Å²) in [6.45, 7) is 2.06. The van der Waals surface area contributed by atoms with Crippen LogP contribution in [0.5, 0.6) is 0 Å². The van der Waals surface area contributed by atoms with Crippen LogP contribution >= 0.6 is 34.4 Å². The molecule has 0 spiro atoms. The summed E-state index contributed by atoms with van der Waals surface area (Å²) in [6, 6.07) is 0. The molecular formula is C10H11N3S3. The van der Waals surface area contributed by atoms with Crippen molar-refractivity contribution in [3.05, 3.63) is 22.0 Å². The summed E-state index contributed by atoms with van der Waals surface area (Å²) < 4.78 is 1.20. The first-order valence-electron chi connectivity index (χ1n) is 4.56. The van der Waals surface area contributed by atoms with Crippen molar-refractivity contribution in [3.8, 4) is 10.6 Å². The van der Waals surface area contributed by atoms with Crippen LogP contribution in [0.4, 0.5) is 0 Å². The Balaban J connectivity index is 2.66. The highest BCUT2D eigenvalue weighted by molar-refractivity contribution is 8.00. The first kappa shape index (κ1) is 11.6. The molecule has 0 atom stereocenters. The molecular weight excluding hydrogens is 258 g/mol. The molecule has 0 aliphatic rings. The molecule has 6 heteroatoms. The third kappa shape index (κ3) is 1.88. The quantitative estimate of drug-likeness (QED) is 0.511. The maximum atomic E-state index is 7.62. The highest BCUT2D eigenvalue weighted by Gasteiger charge is 2.19. The number of nitrogen functional groups attached to an aromatic ring is 1. The van der Waals surface area contributed by atoms with Crippen LogP contribution < -0.4 is 5.73 Å². The Morgan fingerprint density at radius 1 is 1.56 bits per heavy atom. The zero-order chi connectivity index (χ0) is 11.7. The van der Waals surface area contributed by atoms with Crippen LogP contribution in [-0.4, -0.2) is 17.1 Å². The number of rotatable bonds is 3. The van der Waals surface area contributed by atoms with Gasteiger partial charge in [-0.1, -0.05) is 0 Å². The van der Waals surface area contributed by atoms with Gasteiger partial charge in [-0.2, -0.15) is 0 Å². The van der Waals surface area contributed by atoms with E-state index >= 15 is 0 Å². The van der Waals surface area contributed by atoms with Gasteiger partial charge in [0, 0.05) is 17.1 Å². The van der Waals surface area contributed by atoms with Crippen LogP contribution in [-0.2, 0) is 0 Å². The van der Waals surface area contributed by atoms with Crippen molar-refractivity contribution in [1.29, 1.82) is 5.41 Å². The average Bonchev–Trinajstić information content (AvgIpc) is 2.84. The molecule has 2 heterocycles. The molecule has 0 saturated carbocycles. The Kier molecular flexibility index (Phi) is 3.32. The van der Waals surface area contributed by atoms with Crippen molar-refractivity contribution in [2.45, 2.75) is 11.1 Å². The first-order valence-corrected chi connectivity index (χ1v) is 7.49. The van der Waals surface area contributed by atoms with E-state index in [4.69, 9.17) is 11.1 Å². The number of nitrogens with two attached hydrogens (primary N) is 1. The largest absolute Gasteiger partial charge is 0.383 e. The van der Waals surface area contributed by atoms with Gasteiger partial charge in [0.1, 0.15) is 10.8 Å². The second-order valence-electron chi connectivity index (χ2n) is 3.17. The second-order valence-corrected chi connectivity index (χ2v) is 6.16. The van der Waals surface area contributed by atoms with E-state index < -0.39 is 0 Å². The third-order valence-corrected chi connectivity index (χ3v) is 5.52. The van der Waals surface area contributed by atoms with Crippen LogP contribution in [0.2, 0.25) is 0 Å². The number of nitrogens with zero attached hydrogens (tertiary/aromatic N) is 1. The minimum absolute atomic E-state index is 0.124. The van der Waals surface area contributed by atoms with E-state index in [0.29, 0.717) is 0 Å². The van der Waals surface area contributed by atoms with Crippen LogP contribution in [0.25, 0.3) is 10.6 Å². The summed E-state index contributed by atoms with van der Waals surface area (Å²) in [6.07, 6.45) is 3.81.